The number of hydrogen-bond donors (Lipinski definition) is 0. The van der Waals surface area contributed by atoms with Crippen molar-refractivity contribution in [3.05, 3.63) is 48.5 Å². The lowest BCUT2D eigenvalue weighted by molar-refractivity contribution is 0.00209. The SMILES string of the molecule is CC(C)c1ccc(OCC(OC(=O)n2ccnc2)C(C)(C)C)cc1. The van der Waals surface area contributed by atoms with E-state index in [4.69, 9.17) is 9.47 Å². The summed E-state index contributed by atoms with van der Waals surface area (Å²) in [5.41, 5.74) is 1.02. The van der Waals surface area contributed by atoms with E-state index in [2.05, 4.69) is 31.0 Å². The van der Waals surface area contributed by atoms with Crippen LogP contribution in [0.25, 0.3) is 0 Å². The second-order valence-corrected chi connectivity index (χ2v) is 7.24. The third-order valence-corrected chi connectivity index (χ3v) is 3.87. The molecule has 5 nitrogen and oxygen atoms in total. The lowest BCUT2D eigenvalue weighted by Crippen LogP contribution is -2.37. The fourth-order valence-corrected chi connectivity index (χ4v) is 2.13. The molecular formula is C19H26N2O3. The highest BCUT2D eigenvalue weighted by atomic mass is 16.6. The van der Waals surface area contributed by atoms with Gasteiger partial charge in [0.05, 0.1) is 0 Å². The van der Waals surface area contributed by atoms with Crippen LogP contribution in [0, 0.1) is 5.41 Å². The van der Waals surface area contributed by atoms with Gasteiger partial charge >= 0.3 is 6.09 Å². The first-order valence-corrected chi connectivity index (χ1v) is 8.19. The Kier molecular flexibility index (Phi) is 5.65. The van der Waals surface area contributed by atoms with E-state index in [1.165, 1.54) is 16.5 Å². The van der Waals surface area contributed by atoms with Gasteiger partial charge in [0, 0.05) is 17.8 Å². The summed E-state index contributed by atoms with van der Waals surface area (Å²) in [6.45, 7) is 10.7. The third-order valence-electron chi connectivity index (χ3n) is 3.87. The fraction of sp³-hybridized carbons (Fsp3) is 0.474. The maximum Gasteiger partial charge on any atom is 0.419 e. The lowest BCUT2D eigenvalue weighted by atomic mass is 9.89. The predicted molar refractivity (Wildman–Crippen MR) is 93.4 cm³/mol. The molecule has 0 saturated heterocycles. The summed E-state index contributed by atoms with van der Waals surface area (Å²) in [5, 5.41) is 0. The number of aromatic nitrogens is 2. The van der Waals surface area contributed by atoms with Gasteiger partial charge in [0.15, 0.2) is 0 Å². The summed E-state index contributed by atoms with van der Waals surface area (Å²) >= 11 is 0. The predicted octanol–water partition coefficient (Wildman–Crippen LogP) is 4.48. The third kappa shape index (κ3) is 4.85. The molecule has 1 atom stereocenters. The molecule has 0 saturated carbocycles. The number of imidazole rings is 1. The van der Waals surface area contributed by atoms with Gasteiger partial charge in [-0.15, -0.1) is 0 Å². The first-order chi connectivity index (χ1) is 11.3. The summed E-state index contributed by atoms with van der Waals surface area (Å²) in [6.07, 6.45) is 3.70. The van der Waals surface area contributed by atoms with E-state index < -0.39 is 6.09 Å². The molecule has 1 heterocycles. The number of hydrogen-bond acceptors (Lipinski definition) is 4. The Hall–Kier alpha value is -2.30. The normalized spacial score (nSPS) is 12.9. The van der Waals surface area contributed by atoms with Gasteiger partial charge in [0.1, 0.15) is 24.8 Å². The molecule has 0 amide bonds. The van der Waals surface area contributed by atoms with Crippen molar-refractivity contribution in [3.63, 3.8) is 0 Å². The number of ether oxygens (including phenoxy) is 2. The Labute approximate surface area is 143 Å². The summed E-state index contributed by atoms with van der Waals surface area (Å²) in [6, 6.07) is 8.02. The van der Waals surface area contributed by atoms with Gasteiger partial charge in [-0.3, -0.25) is 0 Å². The molecule has 24 heavy (non-hydrogen) atoms. The molecular weight excluding hydrogens is 304 g/mol. The second-order valence-electron chi connectivity index (χ2n) is 7.24. The van der Waals surface area contributed by atoms with Crippen LogP contribution in [0.3, 0.4) is 0 Å². The van der Waals surface area contributed by atoms with Crippen molar-refractivity contribution in [3.8, 4) is 5.75 Å². The van der Waals surface area contributed by atoms with Crippen molar-refractivity contribution < 1.29 is 14.3 Å². The first-order valence-electron chi connectivity index (χ1n) is 8.19. The molecule has 0 radical (unpaired) electrons. The van der Waals surface area contributed by atoms with E-state index in [1.807, 2.05) is 32.9 Å². The molecule has 0 spiro atoms. The Morgan fingerprint density at radius 3 is 2.38 bits per heavy atom. The summed E-state index contributed by atoms with van der Waals surface area (Å²) in [7, 11) is 0. The van der Waals surface area contributed by atoms with Crippen LogP contribution < -0.4 is 4.74 Å². The van der Waals surface area contributed by atoms with E-state index in [0.29, 0.717) is 12.5 Å². The molecule has 0 fully saturated rings. The van der Waals surface area contributed by atoms with Gasteiger partial charge < -0.3 is 9.47 Å². The van der Waals surface area contributed by atoms with Gasteiger partial charge in [0.25, 0.3) is 0 Å². The highest BCUT2D eigenvalue weighted by Gasteiger charge is 2.29. The van der Waals surface area contributed by atoms with Crippen molar-refractivity contribution in [2.24, 2.45) is 5.41 Å². The Balaban J connectivity index is 2.00. The van der Waals surface area contributed by atoms with Crippen LogP contribution in [0.5, 0.6) is 5.75 Å². The van der Waals surface area contributed by atoms with E-state index in [9.17, 15) is 4.79 Å². The minimum Gasteiger partial charge on any atom is -0.490 e. The summed E-state index contributed by atoms with van der Waals surface area (Å²) in [4.78, 5) is 16.0. The Bertz CT molecular complexity index is 640. The minimum atomic E-state index is -0.453. The van der Waals surface area contributed by atoms with Crippen molar-refractivity contribution in [2.75, 3.05) is 6.61 Å². The molecule has 0 aliphatic carbocycles. The number of rotatable bonds is 5. The van der Waals surface area contributed by atoms with Crippen LogP contribution in [0.4, 0.5) is 4.79 Å². The molecule has 0 aliphatic heterocycles. The fourth-order valence-electron chi connectivity index (χ4n) is 2.13. The standard InChI is InChI=1S/C19H26N2O3/c1-14(2)15-6-8-16(9-7-15)23-12-17(19(3,4)5)24-18(22)21-11-10-20-13-21/h6-11,13-14,17H,12H2,1-5H3. The van der Waals surface area contributed by atoms with Crippen LogP contribution in [-0.4, -0.2) is 28.4 Å². The second kappa shape index (κ2) is 7.51. The highest BCUT2D eigenvalue weighted by molar-refractivity contribution is 5.70. The van der Waals surface area contributed by atoms with Crippen LogP contribution in [0.1, 0.15) is 46.1 Å². The van der Waals surface area contributed by atoms with E-state index in [1.54, 1.807) is 12.4 Å². The molecule has 2 aromatic rings. The quantitative estimate of drug-likeness (QED) is 0.811. The Morgan fingerprint density at radius 2 is 1.88 bits per heavy atom. The maximum absolute atomic E-state index is 12.1. The molecule has 130 valence electrons. The van der Waals surface area contributed by atoms with Crippen molar-refractivity contribution in [1.82, 2.24) is 9.55 Å². The summed E-state index contributed by atoms with van der Waals surface area (Å²) < 4.78 is 12.8. The number of carbonyl (C=O) groups excluding carboxylic acids is 1. The van der Waals surface area contributed by atoms with Gasteiger partial charge in [-0.25, -0.2) is 14.3 Å². The summed E-state index contributed by atoms with van der Waals surface area (Å²) in [5.74, 6) is 1.25. The molecule has 0 bridgehead atoms. The smallest absolute Gasteiger partial charge is 0.419 e. The zero-order chi connectivity index (χ0) is 17.7. The van der Waals surface area contributed by atoms with Crippen LogP contribution >= 0.6 is 0 Å². The largest absolute Gasteiger partial charge is 0.490 e. The lowest BCUT2D eigenvalue weighted by Gasteiger charge is -2.30. The van der Waals surface area contributed by atoms with E-state index in [-0.39, 0.29) is 11.5 Å². The first kappa shape index (κ1) is 18.0. The molecule has 0 N–H and O–H groups in total. The molecule has 1 aromatic carbocycles. The van der Waals surface area contributed by atoms with E-state index in [0.717, 1.165) is 5.75 Å². The molecule has 1 unspecified atom stereocenters. The highest BCUT2D eigenvalue weighted by Crippen LogP contribution is 2.25. The number of nitrogens with zero attached hydrogens (tertiary/aromatic N) is 2. The van der Waals surface area contributed by atoms with Gasteiger partial charge in [-0.1, -0.05) is 46.8 Å². The van der Waals surface area contributed by atoms with Crippen LogP contribution in [0.2, 0.25) is 0 Å². The van der Waals surface area contributed by atoms with Gasteiger partial charge in [-0.05, 0) is 23.6 Å². The topological polar surface area (TPSA) is 53.4 Å². The average molecular weight is 330 g/mol. The van der Waals surface area contributed by atoms with E-state index >= 15 is 0 Å². The van der Waals surface area contributed by atoms with Crippen molar-refractivity contribution >= 4 is 6.09 Å². The Morgan fingerprint density at radius 1 is 1.21 bits per heavy atom. The van der Waals surface area contributed by atoms with Crippen molar-refractivity contribution in [1.29, 1.82) is 0 Å². The molecule has 0 aliphatic rings. The zero-order valence-electron chi connectivity index (χ0n) is 15.0. The van der Waals surface area contributed by atoms with Crippen LogP contribution in [0.15, 0.2) is 43.0 Å². The van der Waals surface area contributed by atoms with Gasteiger partial charge in [-0.2, -0.15) is 0 Å². The number of carbonyl (C=O) groups is 1. The molecule has 1 aromatic heterocycles. The molecule has 5 heteroatoms. The van der Waals surface area contributed by atoms with Crippen molar-refractivity contribution in [2.45, 2.75) is 46.6 Å². The van der Waals surface area contributed by atoms with Gasteiger partial charge in [0.2, 0.25) is 0 Å². The number of benzene rings is 1. The molecule has 2 rings (SSSR count). The monoisotopic (exact) mass is 330 g/mol. The average Bonchev–Trinajstić information content (AvgIpc) is 3.05. The van der Waals surface area contributed by atoms with Crippen LogP contribution in [-0.2, 0) is 4.74 Å². The maximum atomic E-state index is 12.1. The zero-order valence-corrected chi connectivity index (χ0v) is 15.0. The minimum absolute atomic E-state index is 0.242.